The Balaban J connectivity index is 1.57. The molecule has 0 spiro atoms. The van der Waals surface area contributed by atoms with Crippen molar-refractivity contribution in [1.29, 1.82) is 0 Å². The third kappa shape index (κ3) is 4.08. The first-order valence-electron chi connectivity index (χ1n) is 11.0. The van der Waals surface area contributed by atoms with E-state index in [-0.39, 0.29) is 36.6 Å². The number of piperazine rings is 1. The number of amides is 2. The number of aromatic nitrogens is 4. The van der Waals surface area contributed by atoms with E-state index in [0.717, 1.165) is 24.0 Å². The second kappa shape index (κ2) is 8.75. The van der Waals surface area contributed by atoms with E-state index in [9.17, 15) is 14.3 Å². The van der Waals surface area contributed by atoms with Gasteiger partial charge in [0, 0.05) is 37.3 Å². The van der Waals surface area contributed by atoms with E-state index in [4.69, 9.17) is 4.74 Å². The summed E-state index contributed by atoms with van der Waals surface area (Å²) >= 11 is 0. The molecular weight excluding hydrogens is 431 g/mol. The summed E-state index contributed by atoms with van der Waals surface area (Å²) in [4.78, 5) is 27.3. The molecular formula is C21H31FN8O3. The second-order valence-electron chi connectivity index (χ2n) is 9.14. The van der Waals surface area contributed by atoms with Crippen LogP contribution in [0.5, 0.6) is 6.01 Å². The molecule has 2 aromatic heterocycles. The molecule has 33 heavy (non-hydrogen) atoms. The van der Waals surface area contributed by atoms with Crippen LogP contribution in [0.2, 0.25) is 0 Å². The van der Waals surface area contributed by atoms with Crippen LogP contribution in [0.25, 0.3) is 0 Å². The van der Waals surface area contributed by atoms with Crippen molar-refractivity contribution in [2.45, 2.75) is 51.4 Å². The molecule has 2 aliphatic rings. The molecule has 0 aliphatic carbocycles. The maximum Gasteiger partial charge on any atom is 0.321 e. The number of hydrogen-bond donors (Lipinski definition) is 3. The van der Waals surface area contributed by atoms with Gasteiger partial charge in [-0.2, -0.15) is 10.1 Å². The van der Waals surface area contributed by atoms with E-state index in [1.54, 1.807) is 4.90 Å². The number of rotatable bonds is 5. The summed E-state index contributed by atoms with van der Waals surface area (Å²) in [7, 11) is 3.42. The zero-order chi connectivity index (χ0) is 23.9. The van der Waals surface area contributed by atoms with E-state index in [1.165, 1.54) is 7.11 Å². The summed E-state index contributed by atoms with van der Waals surface area (Å²) in [5.74, 6) is -0.296. The number of aromatic amines is 1. The van der Waals surface area contributed by atoms with Gasteiger partial charge in [-0.05, 0) is 34.2 Å². The zero-order valence-corrected chi connectivity index (χ0v) is 19.6. The second-order valence-corrected chi connectivity index (χ2v) is 9.14. The first kappa shape index (κ1) is 23.2. The van der Waals surface area contributed by atoms with E-state index in [0.29, 0.717) is 25.3 Å². The lowest BCUT2D eigenvalue weighted by Gasteiger charge is -2.46. The third-order valence-electron chi connectivity index (χ3n) is 6.67. The number of aliphatic hydroxyl groups excluding tert-OH is 1. The normalized spacial score (nSPS) is 22.4. The summed E-state index contributed by atoms with van der Waals surface area (Å²) in [5, 5.41) is 19.6. The minimum absolute atomic E-state index is 0.0321. The standard InChI is InChI=1S/C21H31FN8O3/c1-12-9-28(4)13(6-7-31)10-29(12)20(32)30-11-14-16(21(30,2)3)26-27-17(14)24-18-15(22)8-23-19(25-18)33-5/h8,12-13,31H,6-7,9-11H2,1-5H3,(H2,23,24,25,26,27). The number of ether oxygens (including phenoxy) is 1. The Labute approximate surface area is 191 Å². The number of aliphatic hydroxyl groups is 1. The summed E-state index contributed by atoms with van der Waals surface area (Å²) < 4.78 is 19.2. The lowest BCUT2D eigenvalue weighted by atomic mass is 10.0. The Morgan fingerprint density at radius 3 is 2.85 bits per heavy atom. The number of methoxy groups -OCH3 is 1. The molecule has 4 heterocycles. The van der Waals surface area contributed by atoms with E-state index in [1.807, 2.05) is 32.7 Å². The molecule has 2 aliphatic heterocycles. The first-order chi connectivity index (χ1) is 15.7. The van der Waals surface area contributed by atoms with Crippen molar-refractivity contribution in [2.24, 2.45) is 0 Å². The number of fused-ring (bicyclic) bond motifs is 1. The van der Waals surface area contributed by atoms with Gasteiger partial charge in [-0.3, -0.25) is 10.00 Å². The number of carbonyl (C=O) groups is 1. The maximum absolute atomic E-state index is 14.2. The average Bonchev–Trinajstić information content (AvgIpc) is 3.29. The Morgan fingerprint density at radius 2 is 2.15 bits per heavy atom. The number of H-pyrrole nitrogens is 1. The fraction of sp³-hybridized carbons (Fsp3) is 0.619. The van der Waals surface area contributed by atoms with Gasteiger partial charge in [0.15, 0.2) is 17.5 Å². The van der Waals surface area contributed by atoms with Crippen molar-refractivity contribution in [3.8, 4) is 6.01 Å². The van der Waals surface area contributed by atoms with Crippen LogP contribution in [0.15, 0.2) is 6.20 Å². The van der Waals surface area contributed by atoms with Crippen LogP contribution in [0.3, 0.4) is 0 Å². The minimum Gasteiger partial charge on any atom is -0.467 e. The van der Waals surface area contributed by atoms with Gasteiger partial charge in [-0.25, -0.2) is 14.2 Å². The monoisotopic (exact) mass is 462 g/mol. The predicted molar refractivity (Wildman–Crippen MR) is 119 cm³/mol. The zero-order valence-electron chi connectivity index (χ0n) is 19.6. The molecule has 0 saturated carbocycles. The molecule has 3 N–H and O–H groups in total. The van der Waals surface area contributed by atoms with Crippen LogP contribution < -0.4 is 10.1 Å². The van der Waals surface area contributed by atoms with Crippen LogP contribution in [0.4, 0.5) is 20.8 Å². The van der Waals surface area contributed by atoms with Crippen molar-refractivity contribution in [3.05, 3.63) is 23.3 Å². The Bertz CT molecular complexity index is 1030. The van der Waals surface area contributed by atoms with Crippen molar-refractivity contribution in [3.63, 3.8) is 0 Å². The van der Waals surface area contributed by atoms with Crippen molar-refractivity contribution in [1.82, 2.24) is 34.9 Å². The summed E-state index contributed by atoms with van der Waals surface area (Å²) in [5.41, 5.74) is 0.920. The molecule has 1 saturated heterocycles. The fourth-order valence-corrected chi connectivity index (χ4v) is 4.67. The molecule has 12 heteroatoms. The van der Waals surface area contributed by atoms with Crippen molar-refractivity contribution >= 4 is 17.7 Å². The quantitative estimate of drug-likeness (QED) is 0.613. The summed E-state index contributed by atoms with van der Waals surface area (Å²) in [6, 6.07) is 0.0949. The van der Waals surface area contributed by atoms with Crippen molar-refractivity contribution in [2.75, 3.05) is 39.2 Å². The van der Waals surface area contributed by atoms with Gasteiger partial charge >= 0.3 is 12.0 Å². The molecule has 4 rings (SSSR count). The molecule has 2 amide bonds. The predicted octanol–water partition coefficient (Wildman–Crippen LogP) is 1.65. The minimum atomic E-state index is -0.642. The highest BCUT2D eigenvalue weighted by Gasteiger charge is 2.46. The maximum atomic E-state index is 14.2. The molecule has 1 fully saturated rings. The van der Waals surface area contributed by atoms with E-state index in [2.05, 4.69) is 30.4 Å². The van der Waals surface area contributed by atoms with Crippen LogP contribution in [0.1, 0.15) is 38.4 Å². The number of likely N-dealkylation sites (N-methyl/N-ethyl adjacent to an activating group) is 1. The van der Waals surface area contributed by atoms with Gasteiger partial charge in [0.05, 0.1) is 31.1 Å². The number of carbonyl (C=O) groups excluding carboxylic acids is 1. The Kier molecular flexibility index (Phi) is 6.14. The highest BCUT2D eigenvalue weighted by molar-refractivity contribution is 5.78. The fourth-order valence-electron chi connectivity index (χ4n) is 4.67. The number of nitrogens with one attached hydrogen (secondary N) is 2. The average molecular weight is 463 g/mol. The SMILES string of the molecule is COc1ncc(F)c(Nc2n[nH]c3c2CN(C(=O)N2CC(CCO)N(C)CC2C)C3(C)C)n1. The first-order valence-corrected chi connectivity index (χ1v) is 11.0. The molecule has 0 aromatic carbocycles. The van der Waals surface area contributed by atoms with Gasteiger partial charge < -0.3 is 25.0 Å². The van der Waals surface area contributed by atoms with Gasteiger partial charge in [-0.15, -0.1) is 0 Å². The summed E-state index contributed by atoms with van der Waals surface area (Å²) in [6.45, 7) is 7.62. The molecule has 11 nitrogen and oxygen atoms in total. The van der Waals surface area contributed by atoms with Crippen LogP contribution in [0, 0.1) is 5.82 Å². The number of hydrogen-bond acceptors (Lipinski definition) is 8. The van der Waals surface area contributed by atoms with Gasteiger partial charge in [0.25, 0.3) is 0 Å². The third-order valence-corrected chi connectivity index (χ3v) is 6.67. The van der Waals surface area contributed by atoms with E-state index >= 15 is 0 Å². The lowest BCUT2D eigenvalue weighted by molar-refractivity contribution is 0.0337. The molecule has 2 aromatic rings. The molecule has 180 valence electrons. The Morgan fingerprint density at radius 1 is 1.39 bits per heavy atom. The smallest absolute Gasteiger partial charge is 0.321 e. The lowest BCUT2D eigenvalue weighted by Crippen LogP contribution is -2.61. The molecule has 2 unspecified atom stereocenters. The number of halogens is 1. The van der Waals surface area contributed by atoms with E-state index < -0.39 is 11.4 Å². The highest BCUT2D eigenvalue weighted by Crippen LogP contribution is 2.42. The Hall–Kier alpha value is -2.99. The highest BCUT2D eigenvalue weighted by atomic mass is 19.1. The topological polar surface area (TPSA) is 123 Å². The van der Waals surface area contributed by atoms with Crippen LogP contribution in [-0.2, 0) is 12.1 Å². The van der Waals surface area contributed by atoms with Gasteiger partial charge in [0.2, 0.25) is 0 Å². The number of urea groups is 1. The largest absolute Gasteiger partial charge is 0.467 e. The molecule has 0 radical (unpaired) electrons. The number of nitrogens with zero attached hydrogens (tertiary/aromatic N) is 6. The number of anilines is 2. The summed E-state index contributed by atoms with van der Waals surface area (Å²) in [6.07, 6.45) is 1.64. The van der Waals surface area contributed by atoms with Gasteiger partial charge in [-0.1, -0.05) is 0 Å². The molecule has 0 bridgehead atoms. The molecule has 2 atom stereocenters. The van der Waals surface area contributed by atoms with Crippen molar-refractivity contribution < 1.29 is 19.0 Å². The van der Waals surface area contributed by atoms with Crippen LogP contribution in [-0.4, -0.2) is 91.9 Å². The van der Waals surface area contributed by atoms with Gasteiger partial charge in [0.1, 0.15) is 0 Å². The van der Waals surface area contributed by atoms with Crippen LogP contribution >= 0.6 is 0 Å².